The van der Waals surface area contributed by atoms with Crippen molar-refractivity contribution < 1.29 is 136 Å². The maximum atomic E-state index is 14.0. The number of amides is 6. The van der Waals surface area contributed by atoms with Gasteiger partial charge in [0.2, 0.25) is 35.3 Å². The summed E-state index contributed by atoms with van der Waals surface area (Å²) in [5, 5.41) is 108. The molecule has 3 heterocycles. The van der Waals surface area contributed by atoms with Crippen LogP contribution in [0.4, 0.5) is 0 Å². The number of benzene rings is 1. The Labute approximate surface area is 634 Å². The van der Waals surface area contributed by atoms with Crippen molar-refractivity contribution in [2.45, 2.75) is 292 Å². The zero-order valence-corrected chi connectivity index (χ0v) is 64.5. The number of aliphatic hydroxyl groups is 9. The predicted molar refractivity (Wildman–Crippen MR) is 391 cm³/mol. The maximum absolute atomic E-state index is 14.0. The molecule has 16 unspecified atom stereocenters. The van der Waals surface area contributed by atoms with E-state index in [-0.39, 0.29) is 119 Å². The molecule has 0 aliphatic carbocycles. The summed E-state index contributed by atoms with van der Waals surface area (Å²) >= 11 is 0. The standard InChI is InChI=1S/C73H127N6O28P/c1-48(83)77-60-66(92)63(89)55(45-80)105-71(60)101-36-24-16-9-12-20-29-52(86)30-28-39-100-69-53(98-41-34-74-58(87)31-21-13-10-17-25-37-102-72-61(78-49(2)84)67(93)64(90)56(46-81)106-72)43-51(70(95)76-33-23-15-7-5-6-8-19-27-40-104-108(4,96)97)44-54(69)99-42-35-75-59(88)32-22-14-11-18-26-38-103-73-62(79-50(3)85)68(94)65(91)57(47-82)107-73/h43-44,55-57,60-68,71-73,80-82,89-94H,5-42,45-47H2,1-4H3,(H,74,87)(H,75,88)(H,76,95)(H,77,83)(H,78,84)(H,79,85)(H,96,97). The van der Waals surface area contributed by atoms with Gasteiger partial charge in [0, 0.05) is 85.0 Å². The van der Waals surface area contributed by atoms with Crippen LogP contribution in [-0.4, -0.2) is 276 Å². The number of ketones is 1. The van der Waals surface area contributed by atoms with E-state index in [0.717, 1.165) is 96.3 Å². The second-order valence-corrected chi connectivity index (χ2v) is 29.7. The van der Waals surface area contributed by atoms with Gasteiger partial charge in [0.05, 0.1) is 46.1 Å². The molecule has 0 bridgehead atoms. The van der Waals surface area contributed by atoms with Gasteiger partial charge in [-0.1, -0.05) is 96.3 Å². The number of hydrogen-bond acceptors (Lipinski definition) is 27. The highest BCUT2D eigenvalue weighted by atomic mass is 31.2. The normalized spacial score (nSPS) is 24.7. The van der Waals surface area contributed by atoms with Gasteiger partial charge in [-0.2, -0.15) is 0 Å². The molecule has 0 spiro atoms. The van der Waals surface area contributed by atoms with Crippen LogP contribution < -0.4 is 46.1 Å². The third kappa shape index (κ3) is 37.8. The van der Waals surface area contributed by atoms with Gasteiger partial charge >= 0.3 is 7.60 Å². The molecule has 622 valence electrons. The van der Waals surface area contributed by atoms with E-state index < -0.39 is 143 Å². The molecule has 3 aliphatic heterocycles. The summed E-state index contributed by atoms with van der Waals surface area (Å²) in [7, 11) is -3.49. The van der Waals surface area contributed by atoms with Gasteiger partial charge in [0.25, 0.3) is 5.91 Å². The van der Waals surface area contributed by atoms with Crippen molar-refractivity contribution in [1.82, 2.24) is 31.9 Å². The van der Waals surface area contributed by atoms with Crippen molar-refractivity contribution >= 4 is 48.8 Å². The summed E-state index contributed by atoms with van der Waals surface area (Å²) in [6.45, 7) is 4.63. The van der Waals surface area contributed by atoms with E-state index in [1.54, 1.807) is 0 Å². The number of aliphatic hydroxyl groups excluding tert-OH is 9. The first-order chi connectivity index (χ1) is 51.8. The van der Waals surface area contributed by atoms with E-state index in [9.17, 15) is 89.0 Å². The first kappa shape index (κ1) is 95.0. The molecule has 1 aromatic rings. The minimum absolute atomic E-state index is 0.0248. The zero-order valence-electron chi connectivity index (χ0n) is 63.6. The summed E-state index contributed by atoms with van der Waals surface area (Å²) < 4.78 is 69.6. The third-order valence-electron chi connectivity index (χ3n) is 18.5. The lowest BCUT2D eigenvalue weighted by molar-refractivity contribution is -0.270. The van der Waals surface area contributed by atoms with Gasteiger partial charge in [0.1, 0.15) is 92.1 Å². The van der Waals surface area contributed by atoms with Crippen molar-refractivity contribution in [1.29, 1.82) is 0 Å². The van der Waals surface area contributed by atoms with Crippen molar-refractivity contribution in [2.75, 3.05) is 92.4 Å². The second kappa shape index (κ2) is 54.4. The largest absolute Gasteiger partial charge is 0.488 e. The highest BCUT2D eigenvalue weighted by Crippen LogP contribution is 2.40. The summed E-state index contributed by atoms with van der Waals surface area (Å²) in [5.74, 6) is -1.79. The fourth-order valence-corrected chi connectivity index (χ4v) is 13.0. The molecule has 0 aromatic heterocycles. The molecule has 3 saturated heterocycles. The molecule has 1 aromatic carbocycles. The lowest BCUT2D eigenvalue weighted by Crippen LogP contribution is -2.64. The molecule has 34 nitrogen and oxygen atoms in total. The maximum Gasteiger partial charge on any atom is 0.325 e. The Morgan fingerprint density at radius 3 is 1.09 bits per heavy atom. The van der Waals surface area contributed by atoms with Crippen LogP contribution in [0.1, 0.15) is 211 Å². The Morgan fingerprint density at radius 2 is 0.731 bits per heavy atom. The fraction of sp³-hybridized carbons (Fsp3) is 0.822. The molecule has 16 atom stereocenters. The Hall–Kier alpha value is -5.34. The topological polar surface area (TPSA) is 503 Å². The van der Waals surface area contributed by atoms with Crippen LogP contribution in [0.5, 0.6) is 17.2 Å². The van der Waals surface area contributed by atoms with Gasteiger partial charge in [0.15, 0.2) is 30.4 Å². The first-order valence-electron chi connectivity index (χ1n) is 38.7. The fourth-order valence-electron chi connectivity index (χ4n) is 12.6. The monoisotopic (exact) mass is 1570 g/mol. The Balaban J connectivity index is 1.34. The van der Waals surface area contributed by atoms with Crippen molar-refractivity contribution in [3.8, 4) is 17.2 Å². The summed E-state index contributed by atoms with van der Waals surface area (Å²) in [6, 6.07) is -0.0647. The van der Waals surface area contributed by atoms with Crippen molar-refractivity contribution in [3.05, 3.63) is 17.7 Å². The molecule has 6 amide bonds. The molecule has 16 N–H and O–H groups in total. The van der Waals surface area contributed by atoms with Crippen LogP contribution in [0.25, 0.3) is 0 Å². The minimum atomic E-state index is -3.49. The summed E-state index contributed by atoms with van der Waals surface area (Å²) in [5.41, 5.74) is 0.187. The lowest BCUT2D eigenvalue weighted by Gasteiger charge is -2.42. The van der Waals surface area contributed by atoms with Gasteiger partial charge in [-0.05, 0) is 69.9 Å². The Bertz CT molecular complexity index is 2690. The molecule has 0 radical (unpaired) electrons. The molecule has 35 heteroatoms. The van der Waals surface area contributed by atoms with E-state index in [2.05, 4.69) is 31.9 Å². The third-order valence-corrected chi connectivity index (χ3v) is 19.1. The van der Waals surface area contributed by atoms with Gasteiger partial charge in [-0.3, -0.25) is 38.1 Å². The number of carbonyl (C=O) groups excluding carboxylic acids is 7. The molecule has 0 saturated carbocycles. The summed E-state index contributed by atoms with van der Waals surface area (Å²) in [4.78, 5) is 98.1. The molecular formula is C73H127N6O28P. The Morgan fingerprint density at radius 1 is 0.398 bits per heavy atom. The quantitative estimate of drug-likeness (QED) is 0.0327. The van der Waals surface area contributed by atoms with Gasteiger partial charge in [-0.15, -0.1) is 0 Å². The first-order valence-corrected chi connectivity index (χ1v) is 40.7. The zero-order chi connectivity index (χ0) is 79.2. The number of unbranched alkanes of at least 4 members (excludes halogenated alkanes) is 19. The average molecular weight is 1570 g/mol. The number of nitrogens with one attached hydrogen (secondary N) is 6. The van der Waals surface area contributed by atoms with Crippen LogP contribution in [0.15, 0.2) is 12.1 Å². The van der Waals surface area contributed by atoms with Crippen LogP contribution in [0.2, 0.25) is 0 Å². The van der Waals surface area contributed by atoms with Crippen molar-refractivity contribution in [2.24, 2.45) is 0 Å². The van der Waals surface area contributed by atoms with Gasteiger partial charge in [-0.25, -0.2) is 0 Å². The number of ether oxygens (including phenoxy) is 9. The van der Waals surface area contributed by atoms with Crippen LogP contribution in [0, 0.1) is 0 Å². The van der Waals surface area contributed by atoms with E-state index in [1.807, 2.05) is 0 Å². The highest BCUT2D eigenvalue weighted by molar-refractivity contribution is 7.51. The number of rotatable bonds is 59. The molecule has 3 aliphatic rings. The van der Waals surface area contributed by atoms with E-state index in [1.165, 1.54) is 39.6 Å². The smallest absolute Gasteiger partial charge is 0.325 e. The van der Waals surface area contributed by atoms with E-state index >= 15 is 0 Å². The van der Waals surface area contributed by atoms with E-state index in [0.29, 0.717) is 70.8 Å². The number of carbonyl (C=O) groups is 7. The molecule has 108 heavy (non-hydrogen) atoms. The molecular weight excluding hydrogens is 1440 g/mol. The van der Waals surface area contributed by atoms with Gasteiger partial charge < -0.3 is 130 Å². The summed E-state index contributed by atoms with van der Waals surface area (Å²) in [6.07, 6.45) is 3.66. The van der Waals surface area contributed by atoms with Crippen LogP contribution >= 0.6 is 7.60 Å². The second-order valence-electron chi connectivity index (χ2n) is 27.9. The van der Waals surface area contributed by atoms with Crippen molar-refractivity contribution in [3.63, 3.8) is 0 Å². The molecule has 3 fully saturated rings. The lowest BCUT2D eigenvalue weighted by atomic mass is 9.97. The Kier molecular flexibility index (Phi) is 47.8. The van der Waals surface area contributed by atoms with Crippen LogP contribution in [-0.2, 0) is 66.3 Å². The highest BCUT2D eigenvalue weighted by Gasteiger charge is 2.48. The predicted octanol–water partition coefficient (Wildman–Crippen LogP) is 1.99. The SMILES string of the molecule is CC(=O)NC1C(OCCCCCCCC(=O)CCCOc2c(OCCNC(=O)CCCCCCCOC3OC(CO)C(O)C(O)C3NC(C)=O)cc(C(=O)NCCCCCCCCCCOP(C)(=O)O)cc2OCCNC(=O)CCCCCCCOC2OC(CO)C(O)C(O)C2NC(C)=O)OC(CO)C(O)C1O. The molecule has 4 rings (SSSR count). The number of hydrogen-bond donors (Lipinski definition) is 16. The minimum Gasteiger partial charge on any atom is -0.488 e. The average Bonchev–Trinajstić information content (AvgIpc) is 0.764. The van der Waals surface area contributed by atoms with E-state index in [4.69, 9.17) is 47.2 Å². The van der Waals surface area contributed by atoms with Crippen LogP contribution in [0.3, 0.4) is 0 Å². The number of Topliss-reactive ketones (excluding diaryl/α,β-unsaturated/α-hetero) is 1.